The van der Waals surface area contributed by atoms with Gasteiger partial charge in [0.15, 0.2) is 0 Å². The maximum atomic E-state index is 13.0. The number of hydrogen-bond donors (Lipinski definition) is 2. The zero-order chi connectivity index (χ0) is 17.7. The lowest BCUT2D eigenvalue weighted by molar-refractivity contribution is -0.137. The van der Waals surface area contributed by atoms with Crippen LogP contribution < -0.4 is 10.6 Å². The van der Waals surface area contributed by atoms with Crippen molar-refractivity contribution >= 4 is 17.5 Å². The fraction of sp³-hybridized carbons (Fsp3) is 0.500. The first kappa shape index (κ1) is 18.0. The number of anilines is 3. The lowest BCUT2D eigenvalue weighted by Crippen LogP contribution is -2.14. The van der Waals surface area contributed by atoms with E-state index in [0.717, 1.165) is 6.20 Å². The molecule has 0 radical (unpaired) electrons. The normalized spacial score (nSPS) is 11.6. The highest BCUT2D eigenvalue weighted by molar-refractivity contribution is 5.57. The van der Waals surface area contributed by atoms with Gasteiger partial charge in [0.2, 0.25) is 5.95 Å². The van der Waals surface area contributed by atoms with Gasteiger partial charge in [-0.25, -0.2) is 4.98 Å². The molecular formula is C14H19F3N6O. The Labute approximate surface area is 137 Å². The van der Waals surface area contributed by atoms with Crippen LogP contribution in [-0.2, 0) is 17.5 Å². The van der Waals surface area contributed by atoms with Crippen molar-refractivity contribution in [1.82, 2.24) is 19.7 Å². The van der Waals surface area contributed by atoms with Gasteiger partial charge in [-0.3, -0.25) is 4.68 Å². The first-order chi connectivity index (χ1) is 11.3. The van der Waals surface area contributed by atoms with Gasteiger partial charge in [-0.1, -0.05) is 0 Å². The number of nitrogens with zero attached hydrogens (tertiary/aromatic N) is 4. The summed E-state index contributed by atoms with van der Waals surface area (Å²) in [5.41, 5.74) is 0.398. The molecule has 0 aliphatic heterocycles. The second-order valence-electron chi connectivity index (χ2n) is 4.99. The Bertz CT molecular complexity index is 686. The Hall–Kier alpha value is -2.36. The Balaban J connectivity index is 2.24. The number of hydrogen-bond acceptors (Lipinski definition) is 6. The van der Waals surface area contributed by atoms with Crippen LogP contribution in [0.25, 0.3) is 0 Å². The van der Waals surface area contributed by atoms with Crippen LogP contribution in [0.5, 0.6) is 0 Å². The van der Waals surface area contributed by atoms with Crippen LogP contribution in [0.2, 0.25) is 0 Å². The summed E-state index contributed by atoms with van der Waals surface area (Å²) in [6.45, 7) is 4.85. The van der Waals surface area contributed by atoms with Gasteiger partial charge in [-0.2, -0.15) is 23.3 Å². The molecular weight excluding hydrogens is 325 g/mol. The zero-order valence-electron chi connectivity index (χ0n) is 13.6. The summed E-state index contributed by atoms with van der Waals surface area (Å²) in [4.78, 5) is 7.67. The van der Waals surface area contributed by atoms with E-state index in [0.29, 0.717) is 31.1 Å². The Morgan fingerprint density at radius 2 is 2.08 bits per heavy atom. The van der Waals surface area contributed by atoms with Gasteiger partial charge >= 0.3 is 6.18 Å². The van der Waals surface area contributed by atoms with Crippen molar-refractivity contribution < 1.29 is 17.9 Å². The highest BCUT2D eigenvalue weighted by Crippen LogP contribution is 2.34. The summed E-state index contributed by atoms with van der Waals surface area (Å²) in [6, 6.07) is 0. The standard InChI is InChI=1S/C14H19F3N6O/c1-4-18-12-10(14(15,16)17)7-19-13(21-12)20-11-8-23(5-6-24-3)22-9(11)2/h7-8H,4-6H2,1-3H3,(H2,18,19,20,21). The van der Waals surface area contributed by atoms with E-state index in [4.69, 9.17) is 4.74 Å². The molecule has 0 saturated heterocycles. The molecule has 0 aromatic carbocycles. The van der Waals surface area contributed by atoms with Gasteiger partial charge < -0.3 is 15.4 Å². The van der Waals surface area contributed by atoms with Gasteiger partial charge in [-0.05, 0) is 13.8 Å². The smallest absolute Gasteiger partial charge is 0.383 e. The van der Waals surface area contributed by atoms with Crippen LogP contribution in [0.1, 0.15) is 18.2 Å². The number of nitrogens with one attached hydrogen (secondary N) is 2. The van der Waals surface area contributed by atoms with Crippen molar-refractivity contribution in [3.05, 3.63) is 23.7 Å². The molecule has 0 amide bonds. The fourth-order valence-corrected chi connectivity index (χ4v) is 2.01. The Kier molecular flexibility index (Phi) is 5.60. The lowest BCUT2D eigenvalue weighted by atomic mass is 10.3. The van der Waals surface area contributed by atoms with Crippen LogP contribution in [0.3, 0.4) is 0 Å². The van der Waals surface area contributed by atoms with E-state index in [1.807, 2.05) is 0 Å². The first-order valence-corrected chi connectivity index (χ1v) is 7.33. The van der Waals surface area contributed by atoms with Crippen LogP contribution in [0, 0.1) is 6.92 Å². The zero-order valence-corrected chi connectivity index (χ0v) is 13.6. The molecule has 2 heterocycles. The molecule has 2 aromatic rings. The molecule has 2 N–H and O–H groups in total. The molecule has 2 rings (SSSR count). The molecule has 0 saturated carbocycles. The molecule has 0 bridgehead atoms. The predicted octanol–water partition coefficient (Wildman–Crippen LogP) is 2.82. The van der Waals surface area contributed by atoms with Crippen LogP contribution >= 0.6 is 0 Å². The van der Waals surface area contributed by atoms with Crippen molar-refractivity contribution in [2.45, 2.75) is 26.6 Å². The van der Waals surface area contributed by atoms with E-state index in [2.05, 4.69) is 25.7 Å². The predicted molar refractivity (Wildman–Crippen MR) is 83.3 cm³/mol. The highest BCUT2D eigenvalue weighted by atomic mass is 19.4. The van der Waals surface area contributed by atoms with E-state index in [1.54, 1.807) is 31.8 Å². The van der Waals surface area contributed by atoms with E-state index >= 15 is 0 Å². The van der Waals surface area contributed by atoms with Gasteiger partial charge in [0.1, 0.15) is 11.4 Å². The van der Waals surface area contributed by atoms with Crippen molar-refractivity contribution in [2.24, 2.45) is 0 Å². The fourth-order valence-electron chi connectivity index (χ4n) is 2.01. The van der Waals surface area contributed by atoms with E-state index in [9.17, 15) is 13.2 Å². The van der Waals surface area contributed by atoms with E-state index in [-0.39, 0.29) is 11.8 Å². The van der Waals surface area contributed by atoms with Crippen LogP contribution in [0.4, 0.5) is 30.6 Å². The molecule has 2 aromatic heterocycles. The van der Waals surface area contributed by atoms with Gasteiger partial charge in [0.25, 0.3) is 0 Å². The minimum atomic E-state index is -4.52. The Morgan fingerprint density at radius 1 is 1.33 bits per heavy atom. The van der Waals surface area contributed by atoms with Crippen molar-refractivity contribution in [2.75, 3.05) is 30.9 Å². The third-order valence-electron chi connectivity index (χ3n) is 3.16. The van der Waals surface area contributed by atoms with Crippen molar-refractivity contribution in [1.29, 1.82) is 0 Å². The quantitative estimate of drug-likeness (QED) is 0.804. The molecule has 0 aliphatic rings. The van der Waals surface area contributed by atoms with E-state index < -0.39 is 11.7 Å². The van der Waals surface area contributed by atoms with Gasteiger partial charge in [-0.15, -0.1) is 0 Å². The molecule has 0 atom stereocenters. The average molecular weight is 344 g/mol. The van der Waals surface area contributed by atoms with Crippen molar-refractivity contribution in [3.8, 4) is 0 Å². The highest BCUT2D eigenvalue weighted by Gasteiger charge is 2.35. The lowest BCUT2D eigenvalue weighted by Gasteiger charge is -2.13. The largest absolute Gasteiger partial charge is 0.421 e. The summed E-state index contributed by atoms with van der Waals surface area (Å²) in [6.07, 6.45) is -2.03. The summed E-state index contributed by atoms with van der Waals surface area (Å²) < 4.78 is 45.5. The molecule has 0 spiro atoms. The average Bonchev–Trinajstić information content (AvgIpc) is 2.84. The second kappa shape index (κ2) is 7.47. The number of rotatable bonds is 7. The number of aromatic nitrogens is 4. The third kappa shape index (κ3) is 4.34. The molecule has 132 valence electrons. The monoisotopic (exact) mass is 344 g/mol. The molecule has 10 heteroatoms. The molecule has 0 aliphatic carbocycles. The number of aryl methyl sites for hydroxylation is 1. The van der Waals surface area contributed by atoms with Crippen molar-refractivity contribution in [3.63, 3.8) is 0 Å². The number of halogens is 3. The molecule has 7 nitrogen and oxygen atoms in total. The summed E-state index contributed by atoms with van der Waals surface area (Å²) in [7, 11) is 1.59. The molecule has 0 fully saturated rings. The summed E-state index contributed by atoms with van der Waals surface area (Å²) in [5.74, 6) is -0.194. The van der Waals surface area contributed by atoms with Crippen LogP contribution in [-0.4, -0.2) is 40.0 Å². The molecule has 24 heavy (non-hydrogen) atoms. The molecule has 0 unspecified atom stereocenters. The van der Waals surface area contributed by atoms with Crippen LogP contribution in [0.15, 0.2) is 12.4 Å². The Morgan fingerprint density at radius 3 is 2.71 bits per heavy atom. The number of alkyl halides is 3. The maximum Gasteiger partial charge on any atom is 0.421 e. The van der Waals surface area contributed by atoms with E-state index in [1.165, 1.54) is 0 Å². The minimum absolute atomic E-state index is 0.0633. The summed E-state index contributed by atoms with van der Waals surface area (Å²) in [5, 5.41) is 9.78. The first-order valence-electron chi connectivity index (χ1n) is 7.33. The number of methoxy groups -OCH3 is 1. The topological polar surface area (TPSA) is 76.9 Å². The maximum absolute atomic E-state index is 13.0. The minimum Gasteiger partial charge on any atom is -0.383 e. The van der Waals surface area contributed by atoms with Gasteiger partial charge in [0, 0.05) is 26.0 Å². The third-order valence-corrected chi connectivity index (χ3v) is 3.16. The SMILES string of the molecule is CCNc1nc(Nc2cn(CCOC)nc2C)ncc1C(F)(F)F. The number of ether oxygens (including phenoxy) is 1. The summed E-state index contributed by atoms with van der Waals surface area (Å²) >= 11 is 0. The second-order valence-corrected chi connectivity index (χ2v) is 4.99. The van der Waals surface area contributed by atoms with Gasteiger partial charge in [0.05, 0.1) is 24.5 Å².